The van der Waals surface area contributed by atoms with E-state index in [1.807, 2.05) is 0 Å². The third kappa shape index (κ3) is 2.62. The van der Waals surface area contributed by atoms with Gasteiger partial charge in [0.15, 0.2) is 0 Å². The average Bonchev–Trinajstić information content (AvgIpc) is 3.13. The lowest BCUT2D eigenvalue weighted by Crippen LogP contribution is -2.22. The highest BCUT2D eigenvalue weighted by Crippen LogP contribution is 2.41. The van der Waals surface area contributed by atoms with E-state index >= 15 is 0 Å². The zero-order chi connectivity index (χ0) is 14.2. The van der Waals surface area contributed by atoms with E-state index in [1.165, 1.54) is 42.9 Å². The first-order valence-electron chi connectivity index (χ1n) is 8.11. The zero-order valence-electron chi connectivity index (χ0n) is 12.7. The lowest BCUT2D eigenvalue weighted by molar-refractivity contribution is 0.314. The lowest BCUT2D eigenvalue weighted by Gasteiger charge is -2.19. The first-order valence-corrected chi connectivity index (χ1v) is 8.11. The largest absolute Gasteiger partial charge is 0.328 e. The zero-order valence-corrected chi connectivity index (χ0v) is 12.7. The van der Waals surface area contributed by atoms with E-state index in [0.717, 1.165) is 19.0 Å². The Morgan fingerprint density at radius 1 is 1.14 bits per heavy atom. The highest BCUT2D eigenvalue weighted by molar-refractivity contribution is 5.16. The molecule has 1 aliphatic carbocycles. The Balaban J connectivity index is 1.48. The average molecular weight is 281 g/mol. The number of aromatic nitrogens is 2. The molecule has 1 aromatic carbocycles. The minimum absolute atomic E-state index is 0.617. The van der Waals surface area contributed by atoms with Gasteiger partial charge in [-0.05, 0) is 31.7 Å². The van der Waals surface area contributed by atoms with Gasteiger partial charge in [0.1, 0.15) is 5.82 Å². The van der Waals surface area contributed by atoms with Gasteiger partial charge in [0, 0.05) is 43.5 Å². The minimum Gasteiger partial charge on any atom is -0.328 e. The van der Waals surface area contributed by atoms with Gasteiger partial charge in [-0.25, -0.2) is 4.98 Å². The molecule has 21 heavy (non-hydrogen) atoms. The van der Waals surface area contributed by atoms with Crippen molar-refractivity contribution < 1.29 is 0 Å². The fourth-order valence-electron chi connectivity index (χ4n) is 3.59. The fraction of sp³-hybridized carbons (Fsp3) is 0.500. The van der Waals surface area contributed by atoms with Crippen molar-refractivity contribution in [2.75, 3.05) is 13.1 Å². The monoisotopic (exact) mass is 281 g/mol. The summed E-state index contributed by atoms with van der Waals surface area (Å²) in [4.78, 5) is 7.26. The van der Waals surface area contributed by atoms with Crippen LogP contribution < -0.4 is 0 Å². The molecule has 2 fully saturated rings. The van der Waals surface area contributed by atoms with Crippen LogP contribution in [0.3, 0.4) is 0 Å². The number of imidazole rings is 1. The van der Waals surface area contributed by atoms with Crippen LogP contribution >= 0.6 is 0 Å². The Hall–Kier alpha value is -1.61. The molecule has 1 atom stereocenters. The SMILES string of the molecule is Cc1cnc(C2CC2)n1C1CCN(Cc2ccccc2)C1. The van der Waals surface area contributed by atoms with Crippen LogP contribution in [0.2, 0.25) is 0 Å². The first-order chi connectivity index (χ1) is 10.3. The standard InChI is InChI=1S/C18H23N3/c1-14-11-19-18(16-7-8-16)21(14)17-9-10-20(13-17)12-15-5-3-2-4-6-15/h2-6,11,16-17H,7-10,12-13H2,1H3. The van der Waals surface area contributed by atoms with Crippen LogP contribution in [0.25, 0.3) is 0 Å². The van der Waals surface area contributed by atoms with Crippen LogP contribution in [0.15, 0.2) is 36.5 Å². The summed E-state index contributed by atoms with van der Waals surface area (Å²) < 4.78 is 2.53. The molecule has 1 saturated carbocycles. The maximum Gasteiger partial charge on any atom is 0.112 e. The van der Waals surface area contributed by atoms with Crippen LogP contribution in [0.5, 0.6) is 0 Å². The summed E-state index contributed by atoms with van der Waals surface area (Å²) in [5, 5.41) is 0. The minimum atomic E-state index is 0.617. The summed E-state index contributed by atoms with van der Waals surface area (Å²) in [7, 11) is 0. The van der Waals surface area contributed by atoms with Gasteiger partial charge >= 0.3 is 0 Å². The molecule has 0 spiro atoms. The number of rotatable bonds is 4. The van der Waals surface area contributed by atoms with Crippen molar-refractivity contribution in [1.82, 2.24) is 14.5 Å². The van der Waals surface area contributed by atoms with Gasteiger partial charge in [-0.2, -0.15) is 0 Å². The van der Waals surface area contributed by atoms with E-state index in [9.17, 15) is 0 Å². The van der Waals surface area contributed by atoms with Gasteiger partial charge in [0.2, 0.25) is 0 Å². The van der Waals surface area contributed by atoms with Crippen LogP contribution in [0.1, 0.15) is 48.3 Å². The Kier molecular flexibility index (Phi) is 3.30. The predicted molar refractivity (Wildman–Crippen MR) is 84.3 cm³/mol. The predicted octanol–water partition coefficient (Wildman–Crippen LogP) is 3.52. The van der Waals surface area contributed by atoms with Gasteiger partial charge in [0.25, 0.3) is 0 Å². The van der Waals surface area contributed by atoms with E-state index in [-0.39, 0.29) is 0 Å². The summed E-state index contributed by atoms with van der Waals surface area (Å²) in [5.74, 6) is 2.08. The lowest BCUT2D eigenvalue weighted by atomic mass is 10.2. The summed E-state index contributed by atoms with van der Waals surface area (Å²) in [6, 6.07) is 11.4. The molecule has 0 N–H and O–H groups in total. The van der Waals surface area contributed by atoms with Crippen molar-refractivity contribution >= 4 is 0 Å². The molecule has 0 amide bonds. The van der Waals surface area contributed by atoms with E-state index in [0.29, 0.717) is 6.04 Å². The molecule has 110 valence electrons. The van der Waals surface area contributed by atoms with Crippen LogP contribution in [-0.4, -0.2) is 27.5 Å². The second-order valence-electron chi connectivity index (χ2n) is 6.57. The Morgan fingerprint density at radius 3 is 2.71 bits per heavy atom. The molecule has 3 nitrogen and oxygen atoms in total. The fourth-order valence-corrected chi connectivity index (χ4v) is 3.59. The quantitative estimate of drug-likeness (QED) is 0.855. The van der Waals surface area contributed by atoms with E-state index < -0.39 is 0 Å². The van der Waals surface area contributed by atoms with Gasteiger partial charge < -0.3 is 4.57 Å². The topological polar surface area (TPSA) is 21.1 Å². The third-order valence-electron chi connectivity index (χ3n) is 4.81. The van der Waals surface area contributed by atoms with Gasteiger partial charge in [0.05, 0.1) is 0 Å². The van der Waals surface area contributed by atoms with Crippen molar-refractivity contribution in [1.29, 1.82) is 0 Å². The number of aryl methyl sites for hydroxylation is 1. The molecular weight excluding hydrogens is 258 g/mol. The van der Waals surface area contributed by atoms with Crippen LogP contribution in [-0.2, 0) is 6.54 Å². The molecule has 4 rings (SSSR count). The third-order valence-corrected chi connectivity index (χ3v) is 4.81. The van der Waals surface area contributed by atoms with Gasteiger partial charge in [-0.15, -0.1) is 0 Å². The van der Waals surface area contributed by atoms with Crippen molar-refractivity contribution in [3.8, 4) is 0 Å². The molecule has 2 aliphatic rings. The summed E-state index contributed by atoms with van der Waals surface area (Å²) in [6.45, 7) is 5.63. The summed E-state index contributed by atoms with van der Waals surface area (Å²) >= 11 is 0. The molecule has 0 bridgehead atoms. The normalized spacial score (nSPS) is 22.8. The number of benzene rings is 1. The molecule has 0 radical (unpaired) electrons. The van der Waals surface area contributed by atoms with Crippen LogP contribution in [0.4, 0.5) is 0 Å². The van der Waals surface area contributed by atoms with Crippen molar-refractivity contribution in [2.24, 2.45) is 0 Å². The number of hydrogen-bond donors (Lipinski definition) is 0. The number of hydrogen-bond acceptors (Lipinski definition) is 2. The molecule has 1 unspecified atom stereocenters. The smallest absolute Gasteiger partial charge is 0.112 e. The maximum atomic E-state index is 4.68. The molecule has 2 heterocycles. The Morgan fingerprint density at radius 2 is 1.95 bits per heavy atom. The Bertz CT molecular complexity index is 613. The molecule has 1 saturated heterocycles. The molecule has 1 aromatic heterocycles. The van der Waals surface area contributed by atoms with Crippen LogP contribution in [0, 0.1) is 6.92 Å². The molecule has 2 aromatic rings. The number of nitrogens with zero attached hydrogens (tertiary/aromatic N) is 3. The van der Waals surface area contributed by atoms with Crippen molar-refractivity contribution in [3.63, 3.8) is 0 Å². The highest BCUT2D eigenvalue weighted by atomic mass is 15.2. The second-order valence-corrected chi connectivity index (χ2v) is 6.57. The number of likely N-dealkylation sites (tertiary alicyclic amines) is 1. The maximum absolute atomic E-state index is 4.68. The summed E-state index contributed by atoms with van der Waals surface area (Å²) in [6.07, 6.45) is 5.98. The van der Waals surface area contributed by atoms with E-state index in [2.05, 4.69) is 57.9 Å². The van der Waals surface area contributed by atoms with E-state index in [1.54, 1.807) is 0 Å². The Labute approximate surface area is 126 Å². The van der Waals surface area contributed by atoms with Crippen molar-refractivity contribution in [3.05, 3.63) is 53.6 Å². The summed E-state index contributed by atoms with van der Waals surface area (Å²) in [5.41, 5.74) is 2.76. The van der Waals surface area contributed by atoms with E-state index in [4.69, 9.17) is 0 Å². The first kappa shape index (κ1) is 13.1. The second kappa shape index (κ2) is 5.30. The molecule has 3 heteroatoms. The van der Waals surface area contributed by atoms with Crippen molar-refractivity contribution in [2.45, 2.75) is 44.7 Å². The molecular formula is C18H23N3. The van der Waals surface area contributed by atoms with Gasteiger partial charge in [-0.3, -0.25) is 4.90 Å². The van der Waals surface area contributed by atoms with Gasteiger partial charge in [-0.1, -0.05) is 30.3 Å². The highest BCUT2D eigenvalue weighted by Gasteiger charge is 2.33. The molecule has 1 aliphatic heterocycles.